The molecule has 5 heteroatoms. The van der Waals surface area contributed by atoms with E-state index in [4.69, 9.17) is 0 Å². The van der Waals surface area contributed by atoms with Crippen LogP contribution in [-0.4, -0.2) is 18.2 Å². The molecule has 1 aromatic rings. The van der Waals surface area contributed by atoms with Gasteiger partial charge in [-0.3, -0.25) is 9.59 Å². The fourth-order valence-electron chi connectivity index (χ4n) is 0.974. The van der Waals surface area contributed by atoms with Crippen molar-refractivity contribution in [3.05, 3.63) is 33.1 Å². The van der Waals surface area contributed by atoms with Crippen molar-refractivity contribution >= 4 is 34.3 Å². The molecule has 0 aromatic heterocycles. The summed E-state index contributed by atoms with van der Waals surface area (Å²) < 4.78 is 13.3. The second-order valence-electron chi connectivity index (χ2n) is 3.01. The molecule has 0 atom stereocenters. The molecular weight excluding hydrogens is 312 g/mol. The number of ketones is 1. The van der Waals surface area contributed by atoms with Crippen LogP contribution in [0.15, 0.2) is 18.2 Å². The van der Waals surface area contributed by atoms with Gasteiger partial charge in [0.25, 0.3) is 5.91 Å². The number of nitrogens with one attached hydrogen (secondary N) is 1. The highest BCUT2D eigenvalue weighted by atomic mass is 127. The number of amides is 1. The summed E-state index contributed by atoms with van der Waals surface area (Å²) in [5.74, 6) is -0.877. The van der Waals surface area contributed by atoms with Crippen LogP contribution in [0.3, 0.4) is 0 Å². The van der Waals surface area contributed by atoms with E-state index in [1.807, 2.05) is 22.6 Å². The zero-order valence-corrected chi connectivity index (χ0v) is 10.2. The summed E-state index contributed by atoms with van der Waals surface area (Å²) in [5.41, 5.74) is 0.373. The van der Waals surface area contributed by atoms with Gasteiger partial charge in [-0.05, 0) is 47.7 Å². The molecule has 1 aromatic carbocycles. The monoisotopic (exact) mass is 321 g/mol. The van der Waals surface area contributed by atoms with Gasteiger partial charge in [0.2, 0.25) is 0 Å². The molecule has 0 radical (unpaired) electrons. The van der Waals surface area contributed by atoms with Crippen molar-refractivity contribution in [2.45, 2.75) is 6.92 Å². The minimum Gasteiger partial charge on any atom is -0.345 e. The Balaban J connectivity index is 2.78. The van der Waals surface area contributed by atoms with Crippen LogP contribution in [0.25, 0.3) is 0 Å². The molecule has 0 aliphatic heterocycles. The van der Waals surface area contributed by atoms with Crippen LogP contribution >= 0.6 is 22.6 Å². The normalized spacial score (nSPS) is 9.80. The lowest BCUT2D eigenvalue weighted by Crippen LogP contribution is -2.28. The van der Waals surface area contributed by atoms with Crippen LogP contribution in [0.4, 0.5) is 4.39 Å². The van der Waals surface area contributed by atoms with E-state index in [0.29, 0.717) is 9.13 Å². The second-order valence-corrected chi connectivity index (χ2v) is 4.17. The van der Waals surface area contributed by atoms with Gasteiger partial charge >= 0.3 is 0 Å². The number of rotatable bonds is 3. The maximum Gasteiger partial charge on any atom is 0.252 e. The molecule has 1 amide bonds. The minimum absolute atomic E-state index is 0.00765. The van der Waals surface area contributed by atoms with Gasteiger partial charge in [-0.25, -0.2) is 4.39 Å². The predicted octanol–water partition coefficient (Wildman–Crippen LogP) is 1.75. The third-order valence-corrected chi connectivity index (χ3v) is 2.57. The van der Waals surface area contributed by atoms with Crippen molar-refractivity contribution < 1.29 is 14.0 Å². The second kappa shape index (κ2) is 5.20. The Morgan fingerprint density at radius 3 is 2.67 bits per heavy atom. The number of carbonyl (C=O) groups excluding carboxylic acids is 2. The predicted molar refractivity (Wildman–Crippen MR) is 62.1 cm³/mol. The van der Waals surface area contributed by atoms with Gasteiger partial charge < -0.3 is 5.32 Å². The molecule has 80 valence electrons. The van der Waals surface area contributed by atoms with E-state index in [1.54, 1.807) is 0 Å². The van der Waals surface area contributed by atoms with Crippen molar-refractivity contribution in [1.29, 1.82) is 0 Å². The van der Waals surface area contributed by atoms with E-state index >= 15 is 0 Å². The summed E-state index contributed by atoms with van der Waals surface area (Å²) in [5, 5.41) is 2.44. The molecule has 0 unspecified atom stereocenters. The minimum atomic E-state index is -0.387. The van der Waals surface area contributed by atoms with E-state index in [1.165, 1.54) is 25.1 Å². The molecule has 1 N–H and O–H groups in total. The van der Waals surface area contributed by atoms with Crippen molar-refractivity contribution in [3.8, 4) is 0 Å². The zero-order chi connectivity index (χ0) is 11.4. The van der Waals surface area contributed by atoms with E-state index in [0.717, 1.165) is 0 Å². The van der Waals surface area contributed by atoms with Gasteiger partial charge in [0.15, 0.2) is 0 Å². The Labute approximate surface area is 100 Å². The maximum absolute atomic E-state index is 12.7. The number of Topliss-reactive ketones (excluding diaryl/α,β-unsaturated/α-hetero) is 1. The fourth-order valence-corrected chi connectivity index (χ4v) is 1.70. The summed E-state index contributed by atoms with van der Waals surface area (Å²) in [6.45, 7) is 1.38. The highest BCUT2D eigenvalue weighted by molar-refractivity contribution is 14.1. The summed E-state index contributed by atoms with van der Waals surface area (Å²) in [7, 11) is 0. The molecule has 0 bridgehead atoms. The van der Waals surface area contributed by atoms with Gasteiger partial charge in [0, 0.05) is 3.57 Å². The molecule has 3 nitrogen and oxygen atoms in total. The Bertz CT molecular complexity index is 406. The fraction of sp³-hybridized carbons (Fsp3) is 0.200. The van der Waals surface area contributed by atoms with Crippen LogP contribution in [0.2, 0.25) is 0 Å². The van der Waals surface area contributed by atoms with Gasteiger partial charge in [-0.1, -0.05) is 0 Å². The summed E-state index contributed by atoms with van der Waals surface area (Å²) in [6, 6.07) is 3.88. The van der Waals surface area contributed by atoms with Crippen LogP contribution < -0.4 is 5.32 Å². The summed E-state index contributed by atoms with van der Waals surface area (Å²) in [6.07, 6.45) is 0. The Morgan fingerprint density at radius 1 is 1.47 bits per heavy atom. The number of halogens is 2. The van der Waals surface area contributed by atoms with Gasteiger partial charge in [0.1, 0.15) is 11.6 Å². The van der Waals surface area contributed by atoms with Crippen LogP contribution in [0.1, 0.15) is 17.3 Å². The Kier molecular flexibility index (Phi) is 4.19. The third kappa shape index (κ3) is 3.58. The molecule has 0 aliphatic rings. The maximum atomic E-state index is 12.7. The quantitative estimate of drug-likeness (QED) is 0.862. The van der Waals surface area contributed by atoms with E-state index in [2.05, 4.69) is 5.32 Å². The molecule has 1 rings (SSSR count). The molecule has 0 aliphatic carbocycles. The van der Waals surface area contributed by atoms with Crippen molar-refractivity contribution in [3.63, 3.8) is 0 Å². The Hall–Kier alpha value is -0.980. The highest BCUT2D eigenvalue weighted by Crippen LogP contribution is 2.13. The lowest BCUT2D eigenvalue weighted by molar-refractivity contribution is -0.116. The summed E-state index contributed by atoms with van der Waals surface area (Å²) in [4.78, 5) is 22.1. The first-order chi connectivity index (χ1) is 7.00. The molecule has 0 saturated carbocycles. The van der Waals surface area contributed by atoms with Crippen LogP contribution in [0.5, 0.6) is 0 Å². The van der Waals surface area contributed by atoms with Crippen molar-refractivity contribution in [1.82, 2.24) is 5.32 Å². The van der Waals surface area contributed by atoms with Crippen LogP contribution in [0, 0.1) is 9.39 Å². The lowest BCUT2D eigenvalue weighted by Gasteiger charge is -2.04. The number of hydrogen-bond donors (Lipinski definition) is 1. The largest absolute Gasteiger partial charge is 0.345 e. The topological polar surface area (TPSA) is 46.2 Å². The summed E-state index contributed by atoms with van der Waals surface area (Å²) >= 11 is 1.87. The number of benzene rings is 1. The molecule has 0 heterocycles. The molecular formula is C10H9FINO2. The molecule has 0 spiro atoms. The van der Waals surface area contributed by atoms with E-state index in [9.17, 15) is 14.0 Å². The zero-order valence-electron chi connectivity index (χ0n) is 8.01. The van der Waals surface area contributed by atoms with Crippen LogP contribution in [-0.2, 0) is 4.79 Å². The number of carbonyl (C=O) groups is 2. The smallest absolute Gasteiger partial charge is 0.252 e. The first-order valence-electron chi connectivity index (χ1n) is 4.23. The van der Waals surface area contributed by atoms with Gasteiger partial charge in [-0.2, -0.15) is 0 Å². The first-order valence-corrected chi connectivity index (χ1v) is 5.31. The molecule has 0 saturated heterocycles. The average molecular weight is 321 g/mol. The number of hydrogen-bond acceptors (Lipinski definition) is 2. The molecule has 0 fully saturated rings. The highest BCUT2D eigenvalue weighted by Gasteiger charge is 2.10. The lowest BCUT2D eigenvalue weighted by atomic mass is 10.2. The van der Waals surface area contributed by atoms with Crippen molar-refractivity contribution in [2.75, 3.05) is 6.54 Å². The molecule has 15 heavy (non-hydrogen) atoms. The average Bonchev–Trinajstić information content (AvgIpc) is 2.14. The standard InChI is InChI=1S/C10H9FINO2/c1-6(14)5-13-10(15)8-3-2-7(11)4-9(8)12/h2-4H,5H2,1H3,(H,13,15). The Morgan fingerprint density at radius 2 is 2.13 bits per heavy atom. The third-order valence-electron chi connectivity index (χ3n) is 1.67. The first kappa shape index (κ1) is 12.1. The van der Waals surface area contributed by atoms with Crippen molar-refractivity contribution in [2.24, 2.45) is 0 Å². The van der Waals surface area contributed by atoms with Gasteiger partial charge in [0.05, 0.1) is 12.1 Å². The van der Waals surface area contributed by atoms with E-state index in [-0.39, 0.29) is 24.1 Å². The van der Waals surface area contributed by atoms with Gasteiger partial charge in [-0.15, -0.1) is 0 Å². The van der Waals surface area contributed by atoms with E-state index < -0.39 is 0 Å². The SMILES string of the molecule is CC(=O)CNC(=O)c1ccc(F)cc1I.